The van der Waals surface area contributed by atoms with E-state index in [1.165, 1.54) is 0 Å². The van der Waals surface area contributed by atoms with Gasteiger partial charge in [0.25, 0.3) is 8.32 Å². The molecule has 0 radical (unpaired) electrons. The first-order chi connectivity index (χ1) is 23.4. The van der Waals surface area contributed by atoms with Gasteiger partial charge in [0, 0.05) is 13.8 Å². The minimum Gasteiger partial charge on any atom is -0.454 e. The lowest BCUT2D eigenvalue weighted by atomic mass is 9.95. The maximum absolute atomic E-state index is 12.2. The molecule has 4 rings (SSSR count). The van der Waals surface area contributed by atoms with Gasteiger partial charge in [0.1, 0.15) is 42.7 Å². The molecule has 0 aromatic heterocycles. The number of carbonyl (C=O) groups excluding carboxylic acids is 2. The molecule has 0 bridgehead atoms. The van der Waals surface area contributed by atoms with Gasteiger partial charge in [0.05, 0.1) is 13.2 Å². The van der Waals surface area contributed by atoms with Crippen molar-refractivity contribution in [3.8, 4) is 0 Å². The molecular weight excluding hydrogens is 698 g/mol. The molecule has 2 aliphatic rings. The summed E-state index contributed by atoms with van der Waals surface area (Å²) in [6.45, 7) is 6.88. The lowest BCUT2D eigenvalue weighted by Crippen LogP contribution is -2.70. The maximum atomic E-state index is 12.2. The average molecular weight is 744 g/mol. The second-order valence-corrected chi connectivity index (χ2v) is 18.5. The quantitative estimate of drug-likeness (QED) is 0.0845. The Balaban J connectivity index is 1.85. The van der Waals surface area contributed by atoms with Crippen molar-refractivity contribution in [2.24, 2.45) is 0 Å². The molecule has 0 aliphatic carbocycles. The van der Waals surface area contributed by atoms with Gasteiger partial charge in [-0.25, -0.2) is 4.18 Å². The van der Waals surface area contributed by atoms with Gasteiger partial charge in [-0.3, -0.25) is 14.1 Å². The Labute approximate surface area is 291 Å². The van der Waals surface area contributed by atoms with Gasteiger partial charge in [-0.1, -0.05) is 81.4 Å². The highest BCUT2D eigenvalue weighted by Gasteiger charge is 2.56. The largest absolute Gasteiger partial charge is 0.454 e. The Bertz CT molecular complexity index is 1500. The van der Waals surface area contributed by atoms with Gasteiger partial charge in [0.15, 0.2) is 18.7 Å². The molecular formula is C32H45NO15SSi. The van der Waals surface area contributed by atoms with E-state index in [4.69, 9.17) is 27.6 Å². The van der Waals surface area contributed by atoms with Crippen molar-refractivity contribution in [2.75, 3.05) is 13.2 Å². The molecule has 0 unspecified atom stereocenters. The Morgan fingerprint density at radius 1 is 0.860 bits per heavy atom. The molecule has 2 aliphatic heterocycles. The van der Waals surface area contributed by atoms with E-state index < -0.39 is 110 Å². The summed E-state index contributed by atoms with van der Waals surface area (Å²) in [5.74, 6) is -1.66. The third-order valence-electron chi connectivity index (χ3n) is 8.57. The van der Waals surface area contributed by atoms with Gasteiger partial charge in [0.2, 0.25) is 5.91 Å². The minimum atomic E-state index is -5.32. The average Bonchev–Trinajstić information content (AvgIpc) is 3.03. The van der Waals surface area contributed by atoms with Crippen LogP contribution in [0.5, 0.6) is 0 Å². The fourth-order valence-electron chi connectivity index (χ4n) is 6.47. The molecule has 278 valence electrons. The van der Waals surface area contributed by atoms with Gasteiger partial charge in [-0.05, 0) is 15.4 Å². The van der Waals surface area contributed by atoms with Gasteiger partial charge in [-0.15, -0.1) is 0 Å². The molecule has 2 aromatic rings. The van der Waals surface area contributed by atoms with Crippen molar-refractivity contribution < 1.29 is 70.5 Å². The number of amides is 1. The van der Waals surface area contributed by atoms with E-state index in [9.17, 15) is 43.0 Å². The van der Waals surface area contributed by atoms with Crippen LogP contribution in [0.1, 0.15) is 34.6 Å². The van der Waals surface area contributed by atoms with E-state index in [0.717, 1.165) is 24.2 Å². The lowest BCUT2D eigenvalue weighted by molar-refractivity contribution is -0.344. The van der Waals surface area contributed by atoms with Gasteiger partial charge >= 0.3 is 16.4 Å². The van der Waals surface area contributed by atoms with Crippen molar-refractivity contribution in [2.45, 2.75) is 101 Å². The van der Waals surface area contributed by atoms with E-state index in [1.807, 2.05) is 81.4 Å². The molecule has 2 fully saturated rings. The van der Waals surface area contributed by atoms with Crippen LogP contribution >= 0.6 is 0 Å². The van der Waals surface area contributed by atoms with E-state index in [1.54, 1.807) is 0 Å². The summed E-state index contributed by atoms with van der Waals surface area (Å²) < 4.78 is 69.2. The maximum Gasteiger partial charge on any atom is 0.397 e. The Kier molecular flexibility index (Phi) is 13.0. The van der Waals surface area contributed by atoms with Crippen LogP contribution in [0.3, 0.4) is 0 Å². The first kappa shape index (κ1) is 39.9. The fourth-order valence-corrected chi connectivity index (χ4v) is 11.5. The number of aliphatic hydroxyl groups excluding tert-OH is 4. The predicted octanol–water partition coefficient (Wildman–Crippen LogP) is -1.27. The van der Waals surface area contributed by atoms with Crippen molar-refractivity contribution in [1.29, 1.82) is 0 Å². The van der Waals surface area contributed by atoms with Crippen molar-refractivity contribution in [3.63, 3.8) is 0 Å². The molecule has 0 spiro atoms. The van der Waals surface area contributed by atoms with Crippen LogP contribution in [-0.4, -0.2) is 128 Å². The fraction of sp³-hybridized carbons (Fsp3) is 0.562. The molecule has 1 amide bonds. The summed E-state index contributed by atoms with van der Waals surface area (Å²) in [5, 5.41) is 45.9. The lowest BCUT2D eigenvalue weighted by Gasteiger charge is -2.49. The molecule has 6 N–H and O–H groups in total. The zero-order valence-corrected chi connectivity index (χ0v) is 30.0. The SMILES string of the molecule is CC(=O)N[C@@H]1[C@@H](OS(=O)(=O)O)[C@H](O[C@@H]2O[C@H](CO)[C@@H](O)[C@H](O)[C@H]2OC(C)=O)[C@@H](CO[Si](c2ccccc2)(c2ccccc2)C(C)(C)C)O[C@@H]1O. The van der Waals surface area contributed by atoms with E-state index in [-0.39, 0.29) is 0 Å². The molecule has 0 saturated carbocycles. The van der Waals surface area contributed by atoms with Crippen molar-refractivity contribution >= 4 is 41.0 Å². The van der Waals surface area contributed by atoms with Gasteiger partial charge in [-0.2, -0.15) is 8.42 Å². The van der Waals surface area contributed by atoms with Crippen LogP contribution in [0.2, 0.25) is 5.04 Å². The Hall–Kier alpha value is -2.85. The molecule has 10 atom stereocenters. The number of hydrogen-bond donors (Lipinski definition) is 6. The van der Waals surface area contributed by atoms with E-state index in [2.05, 4.69) is 5.32 Å². The third-order valence-corrected chi connectivity index (χ3v) is 14.0. The molecule has 2 aromatic carbocycles. The zero-order chi connectivity index (χ0) is 37.0. The number of ether oxygens (including phenoxy) is 4. The predicted molar refractivity (Wildman–Crippen MR) is 177 cm³/mol. The smallest absolute Gasteiger partial charge is 0.397 e. The number of esters is 1. The number of aliphatic hydroxyl groups is 4. The van der Waals surface area contributed by atoms with Crippen molar-refractivity contribution in [3.05, 3.63) is 60.7 Å². The number of benzene rings is 2. The Morgan fingerprint density at radius 3 is 1.88 bits per heavy atom. The minimum absolute atomic E-state index is 0.410. The molecule has 50 heavy (non-hydrogen) atoms. The van der Waals surface area contributed by atoms with Crippen LogP contribution in [0.25, 0.3) is 0 Å². The summed E-state index contributed by atoms with van der Waals surface area (Å²) in [5.41, 5.74) is 0. The van der Waals surface area contributed by atoms with Crippen LogP contribution < -0.4 is 15.7 Å². The molecule has 18 heteroatoms. The molecule has 2 heterocycles. The van der Waals surface area contributed by atoms with Crippen LogP contribution in [0.15, 0.2) is 60.7 Å². The first-order valence-corrected chi connectivity index (χ1v) is 19.1. The second-order valence-electron chi connectivity index (χ2n) is 13.1. The standard InChI is InChI=1S/C32H45NO15SSi/c1-18(35)33-24-28(48-49(40,41)42)27(47-31-29(44-19(2)36)26(38)25(37)22(16-34)46-31)23(45-30(24)39)17-43-50(32(3,4)5,20-12-8-6-9-13-20)21-14-10-7-11-15-21/h6-15,22-31,34,37-39H,16-17H2,1-5H3,(H,33,35)(H,40,41,42)/t22-,23-,24-,25-,26+,27-,28-,29-,30+,31+/m1/s1. The number of rotatable bonds is 12. The summed E-state index contributed by atoms with van der Waals surface area (Å²) >= 11 is 0. The van der Waals surface area contributed by atoms with Gasteiger partial charge < -0.3 is 49.1 Å². The summed E-state index contributed by atoms with van der Waals surface area (Å²) in [6.07, 6.45) is -15.7. The Morgan fingerprint density at radius 2 is 1.42 bits per heavy atom. The van der Waals surface area contributed by atoms with E-state index in [0.29, 0.717) is 0 Å². The van der Waals surface area contributed by atoms with Crippen LogP contribution in [-0.2, 0) is 47.5 Å². The van der Waals surface area contributed by atoms with Crippen LogP contribution in [0, 0.1) is 0 Å². The topological polar surface area (TPSA) is 237 Å². The third kappa shape index (κ3) is 8.95. The molecule has 16 nitrogen and oxygen atoms in total. The number of hydrogen-bond acceptors (Lipinski definition) is 14. The summed E-state index contributed by atoms with van der Waals surface area (Å²) in [7, 11) is -8.64. The van der Waals surface area contributed by atoms with E-state index >= 15 is 0 Å². The first-order valence-electron chi connectivity index (χ1n) is 15.9. The van der Waals surface area contributed by atoms with Crippen molar-refractivity contribution in [1.82, 2.24) is 5.32 Å². The van der Waals surface area contributed by atoms with Crippen LogP contribution in [0.4, 0.5) is 0 Å². The summed E-state index contributed by atoms with van der Waals surface area (Å²) in [6, 6.07) is 17.2. The number of carbonyl (C=O) groups is 2. The monoisotopic (exact) mass is 743 g/mol. The normalized spacial score (nSPS) is 30.8. The number of nitrogens with one attached hydrogen (secondary N) is 1. The highest BCUT2D eigenvalue weighted by molar-refractivity contribution is 7.80. The highest BCUT2D eigenvalue weighted by Crippen LogP contribution is 2.38. The highest BCUT2D eigenvalue weighted by atomic mass is 32.3. The second kappa shape index (κ2) is 16.2. The zero-order valence-electron chi connectivity index (χ0n) is 28.2. The molecule has 2 saturated heterocycles. The summed E-state index contributed by atoms with van der Waals surface area (Å²) in [4.78, 5) is 24.2.